The Labute approximate surface area is 244 Å². The van der Waals surface area contributed by atoms with Gasteiger partial charge < -0.3 is 25.5 Å². The van der Waals surface area contributed by atoms with E-state index in [1.165, 1.54) is 5.56 Å². The lowest BCUT2D eigenvalue weighted by Gasteiger charge is -2.35. The van der Waals surface area contributed by atoms with E-state index >= 15 is 0 Å². The van der Waals surface area contributed by atoms with Crippen molar-refractivity contribution >= 4 is 28.6 Å². The molecule has 0 fully saturated rings. The number of hydrogen-bond acceptors (Lipinski definition) is 6. The molecule has 0 radical (unpaired) electrons. The van der Waals surface area contributed by atoms with Crippen LogP contribution in [0.15, 0.2) is 72.9 Å². The molecule has 0 saturated carbocycles. The lowest BCUT2D eigenvalue weighted by Crippen LogP contribution is -2.41. The highest BCUT2D eigenvalue weighted by Gasteiger charge is 2.33. The van der Waals surface area contributed by atoms with Crippen LogP contribution in [0.4, 0.5) is 19.0 Å². The number of aromatic nitrogens is 4. The smallest absolute Gasteiger partial charge is 0.430 e. The third kappa shape index (κ3) is 6.37. The SMILES string of the molecule is CCc1ccc2c(c1)CCN([C@@H](Cc1ccccc1)c1ncc(-c3ccc4c(N)n[nH]c4c3)[nH]1)C2=O.O=C([O-])C(F)(F)F. The molecule has 2 aromatic heterocycles. The number of rotatable bonds is 6. The molecule has 12 heteroatoms. The summed E-state index contributed by atoms with van der Waals surface area (Å²) >= 11 is 0. The van der Waals surface area contributed by atoms with Gasteiger partial charge >= 0.3 is 6.18 Å². The van der Waals surface area contributed by atoms with Gasteiger partial charge in [0.05, 0.1) is 23.4 Å². The number of hydrogen-bond donors (Lipinski definition) is 3. The first-order valence-corrected chi connectivity index (χ1v) is 13.6. The third-order valence-electron chi connectivity index (χ3n) is 7.39. The van der Waals surface area contributed by atoms with Crippen molar-refractivity contribution in [3.63, 3.8) is 0 Å². The Balaban J connectivity index is 0.000000472. The van der Waals surface area contributed by atoms with Crippen molar-refractivity contribution in [1.29, 1.82) is 0 Å². The van der Waals surface area contributed by atoms with Gasteiger partial charge in [-0.15, -0.1) is 0 Å². The van der Waals surface area contributed by atoms with Gasteiger partial charge in [0.1, 0.15) is 11.8 Å². The number of halogens is 3. The van der Waals surface area contributed by atoms with Gasteiger partial charge in [-0.25, -0.2) is 4.98 Å². The fourth-order valence-electron chi connectivity index (χ4n) is 5.13. The first-order valence-electron chi connectivity index (χ1n) is 13.6. The standard InChI is InChI=1S/C29H28N6O.C2HF3O2/c1-2-18-8-10-22-20(14-18)12-13-35(29(22)36)26(15-19-6-4-3-5-7-19)28-31-17-25(32-28)21-9-11-23-24(16-21)33-34-27(23)30;3-2(4,5)1(6)7/h3-11,14,16-17,26H,2,12-13,15H2,1H3,(H,31,32)(H3,30,33,34);(H,6,7)/p-1/t26-;/m0./s1. The second-order valence-corrected chi connectivity index (χ2v) is 10.1. The van der Waals surface area contributed by atoms with Crippen LogP contribution in [0.5, 0.6) is 0 Å². The number of benzene rings is 3. The topological polar surface area (TPSA) is 144 Å². The minimum Gasteiger partial charge on any atom is -0.542 e. The van der Waals surface area contributed by atoms with Gasteiger partial charge in [-0.05, 0) is 47.7 Å². The second-order valence-electron chi connectivity index (χ2n) is 10.1. The molecule has 0 unspecified atom stereocenters. The zero-order valence-corrected chi connectivity index (χ0v) is 23.1. The summed E-state index contributed by atoms with van der Waals surface area (Å²) in [6.45, 7) is 2.80. The van der Waals surface area contributed by atoms with E-state index < -0.39 is 12.1 Å². The minimum absolute atomic E-state index is 0.0622. The molecule has 6 rings (SSSR count). The summed E-state index contributed by atoms with van der Waals surface area (Å²) in [6, 6.07) is 22.3. The lowest BCUT2D eigenvalue weighted by molar-refractivity contribution is -0.344. The molecule has 1 amide bonds. The van der Waals surface area contributed by atoms with Crippen molar-refractivity contribution in [3.05, 3.63) is 101 Å². The predicted octanol–water partition coefficient (Wildman–Crippen LogP) is 4.38. The van der Waals surface area contributed by atoms with Crippen molar-refractivity contribution in [3.8, 4) is 11.3 Å². The van der Waals surface area contributed by atoms with E-state index in [9.17, 15) is 18.0 Å². The van der Waals surface area contributed by atoms with Gasteiger partial charge in [-0.1, -0.05) is 55.5 Å². The largest absolute Gasteiger partial charge is 0.542 e. The Morgan fingerprint density at radius 3 is 2.53 bits per heavy atom. The first-order chi connectivity index (χ1) is 20.5. The number of H-pyrrole nitrogens is 2. The molecule has 0 saturated heterocycles. The highest BCUT2D eigenvalue weighted by Crippen LogP contribution is 2.32. The molecule has 3 heterocycles. The minimum atomic E-state index is -5.19. The number of nitrogen functional groups attached to an aromatic ring is 1. The van der Waals surface area contributed by atoms with E-state index in [1.807, 2.05) is 53.6 Å². The summed E-state index contributed by atoms with van der Waals surface area (Å²) in [4.78, 5) is 32.7. The average molecular weight is 590 g/mol. The first kappa shape index (κ1) is 29.4. The van der Waals surface area contributed by atoms with Gasteiger partial charge in [0.2, 0.25) is 0 Å². The number of nitrogens with two attached hydrogens (primary N) is 1. The number of imidazole rings is 1. The Kier molecular flexibility index (Phi) is 8.20. The number of nitrogens with zero attached hydrogens (tertiary/aromatic N) is 3. The molecule has 1 aliphatic heterocycles. The number of aromatic amines is 2. The maximum Gasteiger partial charge on any atom is 0.430 e. The number of fused-ring (bicyclic) bond motifs is 2. The van der Waals surface area contributed by atoms with E-state index in [2.05, 4.69) is 46.4 Å². The van der Waals surface area contributed by atoms with Gasteiger partial charge in [-0.3, -0.25) is 9.89 Å². The van der Waals surface area contributed by atoms with E-state index in [0.29, 0.717) is 18.8 Å². The van der Waals surface area contributed by atoms with E-state index in [1.54, 1.807) is 0 Å². The molecular weight excluding hydrogens is 561 g/mol. The lowest BCUT2D eigenvalue weighted by atomic mass is 9.93. The molecule has 4 N–H and O–H groups in total. The number of amides is 1. The van der Waals surface area contributed by atoms with Crippen LogP contribution < -0.4 is 10.8 Å². The molecule has 3 aromatic carbocycles. The quantitative estimate of drug-likeness (QED) is 0.268. The van der Waals surface area contributed by atoms with Gasteiger partial charge in [0, 0.05) is 29.5 Å². The molecule has 1 aliphatic rings. The highest BCUT2D eigenvalue weighted by atomic mass is 19.4. The van der Waals surface area contributed by atoms with Crippen LogP contribution in [0.2, 0.25) is 0 Å². The fraction of sp³-hybridized carbons (Fsp3) is 0.226. The van der Waals surface area contributed by atoms with E-state index in [4.69, 9.17) is 20.6 Å². The number of carboxylic acid groups (broad SMARTS) is 1. The second kappa shape index (κ2) is 12.0. The Morgan fingerprint density at radius 1 is 1.09 bits per heavy atom. The summed E-state index contributed by atoms with van der Waals surface area (Å²) in [5.74, 6) is -1.68. The maximum absolute atomic E-state index is 13.7. The molecule has 5 aromatic rings. The number of carbonyl (C=O) groups excluding carboxylic acids is 2. The third-order valence-corrected chi connectivity index (χ3v) is 7.39. The molecule has 0 spiro atoms. The van der Waals surface area contributed by atoms with Crippen molar-refractivity contribution in [1.82, 2.24) is 25.1 Å². The van der Waals surface area contributed by atoms with Gasteiger partial charge in [-0.2, -0.15) is 18.3 Å². The van der Waals surface area contributed by atoms with Crippen LogP contribution in [-0.2, 0) is 24.1 Å². The molecule has 222 valence electrons. The number of anilines is 1. The van der Waals surface area contributed by atoms with Crippen molar-refractivity contribution < 1.29 is 27.9 Å². The van der Waals surface area contributed by atoms with Gasteiger partial charge in [0.25, 0.3) is 5.91 Å². The summed E-state index contributed by atoms with van der Waals surface area (Å²) in [5, 5.41) is 16.7. The summed E-state index contributed by atoms with van der Waals surface area (Å²) in [6.07, 6.45) is -0.873. The summed E-state index contributed by atoms with van der Waals surface area (Å²) in [5.41, 5.74) is 13.0. The molecule has 9 nitrogen and oxygen atoms in total. The molecule has 1 atom stereocenters. The summed E-state index contributed by atoms with van der Waals surface area (Å²) < 4.78 is 31.5. The number of aliphatic carboxylic acids is 1. The molecule has 43 heavy (non-hydrogen) atoms. The zero-order valence-electron chi connectivity index (χ0n) is 23.1. The van der Waals surface area contributed by atoms with Crippen LogP contribution in [0.1, 0.15) is 45.8 Å². The normalized spacial score (nSPS) is 13.8. The number of carboxylic acids is 1. The maximum atomic E-state index is 13.7. The summed E-state index contributed by atoms with van der Waals surface area (Å²) in [7, 11) is 0. The van der Waals surface area contributed by atoms with Crippen LogP contribution in [0.3, 0.4) is 0 Å². The van der Waals surface area contributed by atoms with Crippen LogP contribution >= 0.6 is 0 Å². The number of alkyl halides is 3. The average Bonchev–Trinajstić information content (AvgIpc) is 3.63. The van der Waals surface area contributed by atoms with E-state index in [-0.39, 0.29) is 11.9 Å². The van der Waals surface area contributed by atoms with Gasteiger partial charge in [0.15, 0.2) is 5.82 Å². The number of nitrogens with one attached hydrogen (secondary N) is 2. The van der Waals surface area contributed by atoms with Crippen LogP contribution in [0.25, 0.3) is 22.2 Å². The molecular formula is C31H28F3N6O3-. The van der Waals surface area contributed by atoms with Crippen molar-refractivity contribution in [2.24, 2.45) is 0 Å². The number of carbonyl (C=O) groups is 2. The van der Waals surface area contributed by atoms with Crippen molar-refractivity contribution in [2.45, 2.75) is 38.4 Å². The monoisotopic (exact) mass is 589 g/mol. The zero-order chi connectivity index (χ0) is 30.7. The van der Waals surface area contributed by atoms with Crippen LogP contribution in [-0.4, -0.2) is 49.7 Å². The van der Waals surface area contributed by atoms with Crippen LogP contribution in [0, 0.1) is 0 Å². The Hall–Kier alpha value is -5.13. The fourth-order valence-corrected chi connectivity index (χ4v) is 5.13. The van der Waals surface area contributed by atoms with Crippen molar-refractivity contribution in [2.75, 3.05) is 12.3 Å². The van der Waals surface area contributed by atoms with E-state index in [0.717, 1.165) is 57.5 Å². The Morgan fingerprint density at radius 2 is 1.84 bits per heavy atom. The Bertz CT molecular complexity index is 1760. The predicted molar refractivity (Wildman–Crippen MR) is 153 cm³/mol. The number of aryl methyl sites for hydroxylation is 1. The highest BCUT2D eigenvalue weighted by molar-refractivity contribution is 5.97. The molecule has 0 aliphatic carbocycles. The molecule has 0 bridgehead atoms.